The van der Waals surface area contributed by atoms with Crippen LogP contribution in [0.1, 0.15) is 50.4 Å². The lowest BCUT2D eigenvalue weighted by molar-refractivity contribution is 0.0627. The molecule has 2 fully saturated rings. The smallest absolute Gasteiger partial charge is 0.255 e. The topological polar surface area (TPSA) is 80.5 Å². The van der Waals surface area contributed by atoms with E-state index in [9.17, 15) is 14.0 Å². The van der Waals surface area contributed by atoms with Crippen LogP contribution in [-0.2, 0) is 13.1 Å². The van der Waals surface area contributed by atoms with E-state index in [0.29, 0.717) is 36.3 Å². The third kappa shape index (κ3) is 6.94. The summed E-state index contributed by atoms with van der Waals surface area (Å²) in [6.07, 6.45) is 2.93. The number of nitriles is 1. The van der Waals surface area contributed by atoms with Gasteiger partial charge < -0.3 is 4.90 Å². The normalized spacial score (nSPS) is 18.2. The van der Waals surface area contributed by atoms with Gasteiger partial charge in [-0.15, -0.1) is 0 Å². The van der Waals surface area contributed by atoms with E-state index in [0.717, 1.165) is 56.8 Å². The molecule has 0 bridgehead atoms. The highest BCUT2D eigenvalue weighted by Gasteiger charge is 2.26. The van der Waals surface area contributed by atoms with Crippen LogP contribution in [0, 0.1) is 23.1 Å². The second-order valence-electron chi connectivity index (χ2n) is 10.5. The molecule has 2 saturated heterocycles. The lowest BCUT2D eigenvalue weighted by Gasteiger charge is -2.34. The van der Waals surface area contributed by atoms with Crippen molar-refractivity contribution in [1.29, 1.82) is 5.26 Å². The summed E-state index contributed by atoms with van der Waals surface area (Å²) in [5, 5.41) is 8.96. The van der Waals surface area contributed by atoms with E-state index in [-0.39, 0.29) is 23.4 Å². The second-order valence-corrected chi connectivity index (χ2v) is 10.5. The summed E-state index contributed by atoms with van der Waals surface area (Å²) in [6.45, 7) is 6.06. The molecule has 0 saturated carbocycles. The second kappa shape index (κ2) is 12.3. The Morgan fingerprint density at radius 2 is 1.54 bits per heavy atom. The summed E-state index contributed by atoms with van der Waals surface area (Å²) in [4.78, 5) is 36.7. The van der Waals surface area contributed by atoms with Crippen molar-refractivity contribution in [3.8, 4) is 6.07 Å². The van der Waals surface area contributed by atoms with E-state index in [1.807, 2.05) is 29.2 Å². The first-order valence-electron chi connectivity index (χ1n) is 13.4. The van der Waals surface area contributed by atoms with Crippen molar-refractivity contribution in [2.75, 3.05) is 39.3 Å². The molecule has 1 amide bonds. The predicted molar refractivity (Wildman–Crippen MR) is 145 cm³/mol. The van der Waals surface area contributed by atoms with E-state index >= 15 is 0 Å². The van der Waals surface area contributed by atoms with Crippen LogP contribution in [-0.4, -0.2) is 70.6 Å². The number of amides is 1. The highest BCUT2D eigenvalue weighted by atomic mass is 19.1. The summed E-state index contributed by atoms with van der Waals surface area (Å²) < 4.78 is 13.1. The fourth-order valence-electron chi connectivity index (χ4n) is 5.36. The van der Waals surface area contributed by atoms with Gasteiger partial charge in [-0.2, -0.15) is 5.26 Å². The van der Waals surface area contributed by atoms with E-state index in [1.54, 1.807) is 24.3 Å². The van der Waals surface area contributed by atoms with Crippen LogP contribution < -0.4 is 0 Å². The summed E-state index contributed by atoms with van der Waals surface area (Å²) in [7, 11) is 0. The number of piperazine rings is 1. The Balaban J connectivity index is 1.07. The maximum atomic E-state index is 13.1. The van der Waals surface area contributed by atoms with Crippen LogP contribution in [0.15, 0.2) is 66.9 Å². The van der Waals surface area contributed by atoms with Crippen molar-refractivity contribution >= 4 is 11.7 Å². The van der Waals surface area contributed by atoms with Gasteiger partial charge in [0.2, 0.25) is 0 Å². The molecular weight excluding hydrogens is 493 g/mol. The number of aromatic nitrogens is 1. The van der Waals surface area contributed by atoms with Crippen molar-refractivity contribution in [1.82, 2.24) is 19.7 Å². The summed E-state index contributed by atoms with van der Waals surface area (Å²) in [5.74, 6) is -0.0206. The van der Waals surface area contributed by atoms with Gasteiger partial charge in [0, 0.05) is 58.4 Å². The number of likely N-dealkylation sites (tertiary alicyclic amines) is 1. The summed E-state index contributed by atoms with van der Waals surface area (Å²) in [5.41, 5.74) is 3.77. The van der Waals surface area contributed by atoms with Crippen molar-refractivity contribution < 1.29 is 14.0 Å². The number of nitrogens with zero attached hydrogens (tertiary/aromatic N) is 5. The Bertz CT molecular complexity index is 1330. The first-order valence-corrected chi connectivity index (χ1v) is 13.4. The number of carbonyl (C=O) groups excluding carboxylic acids is 2. The van der Waals surface area contributed by atoms with E-state index in [2.05, 4.69) is 20.9 Å². The molecule has 2 aliphatic rings. The van der Waals surface area contributed by atoms with Crippen LogP contribution in [0.2, 0.25) is 0 Å². The molecule has 8 heteroatoms. The number of benzene rings is 2. The molecule has 0 unspecified atom stereocenters. The van der Waals surface area contributed by atoms with Gasteiger partial charge in [0.05, 0.1) is 17.2 Å². The number of hydrogen-bond donors (Lipinski definition) is 0. The van der Waals surface area contributed by atoms with Crippen molar-refractivity contribution in [3.05, 3.63) is 101 Å². The average Bonchev–Trinajstić information content (AvgIpc) is 3.41. The fraction of sp³-hybridized carbons (Fsp3) is 0.355. The SMILES string of the molecule is N#Cc1ccc(CN2CC[C@@H](CC(=O)c3ccc(C(=O)N4CCN(Cc5ccc(F)cc5)CC4)cn3)C2)cc1. The first kappa shape index (κ1) is 26.7. The third-order valence-electron chi connectivity index (χ3n) is 7.61. The fourth-order valence-corrected chi connectivity index (χ4v) is 5.36. The highest BCUT2D eigenvalue weighted by Crippen LogP contribution is 2.23. The minimum Gasteiger partial charge on any atom is -0.336 e. The van der Waals surface area contributed by atoms with Gasteiger partial charge in [-0.3, -0.25) is 24.4 Å². The van der Waals surface area contributed by atoms with Gasteiger partial charge in [-0.1, -0.05) is 24.3 Å². The number of pyridine rings is 1. The number of ketones is 1. The highest BCUT2D eigenvalue weighted by molar-refractivity contribution is 5.97. The zero-order chi connectivity index (χ0) is 27.2. The Morgan fingerprint density at radius 3 is 2.18 bits per heavy atom. The average molecular weight is 526 g/mol. The first-order chi connectivity index (χ1) is 19.0. The molecule has 2 aromatic carbocycles. The van der Waals surface area contributed by atoms with E-state index in [4.69, 9.17) is 5.26 Å². The molecule has 1 atom stereocenters. The zero-order valence-electron chi connectivity index (χ0n) is 21.9. The number of hydrogen-bond acceptors (Lipinski definition) is 6. The van der Waals surface area contributed by atoms with Gasteiger partial charge in [0.25, 0.3) is 5.91 Å². The van der Waals surface area contributed by atoms with Gasteiger partial charge in [0.1, 0.15) is 11.5 Å². The number of Topliss-reactive ketones (excluding diaryl/α,β-unsaturated/α-hetero) is 1. The standard InChI is InChI=1S/C31H32FN5O2/c32-28-8-5-25(6-9-28)20-35-13-15-37(16-14-35)31(39)27-7-10-29(34-19-27)30(38)17-26-11-12-36(22-26)21-24-3-1-23(18-33)2-4-24/h1-10,19,26H,11-17,20-22H2/t26-/m0/s1. The Labute approximate surface area is 228 Å². The molecule has 39 heavy (non-hydrogen) atoms. The van der Waals surface area contributed by atoms with Gasteiger partial charge >= 0.3 is 0 Å². The molecule has 0 radical (unpaired) electrons. The largest absolute Gasteiger partial charge is 0.336 e. The molecule has 3 aromatic rings. The van der Waals surface area contributed by atoms with Crippen molar-refractivity contribution in [3.63, 3.8) is 0 Å². The quantitative estimate of drug-likeness (QED) is 0.411. The molecule has 3 heterocycles. The third-order valence-corrected chi connectivity index (χ3v) is 7.61. The summed E-state index contributed by atoms with van der Waals surface area (Å²) in [6, 6.07) is 19.7. The minimum absolute atomic E-state index is 0.00799. The lowest BCUT2D eigenvalue weighted by atomic mass is 10.00. The van der Waals surface area contributed by atoms with Crippen molar-refractivity contribution in [2.45, 2.75) is 25.9 Å². The van der Waals surface area contributed by atoms with Crippen LogP contribution in [0.25, 0.3) is 0 Å². The number of carbonyl (C=O) groups is 2. The monoisotopic (exact) mass is 525 g/mol. The molecular formula is C31H32FN5O2. The molecule has 7 nitrogen and oxygen atoms in total. The summed E-state index contributed by atoms with van der Waals surface area (Å²) >= 11 is 0. The number of halogens is 1. The van der Waals surface area contributed by atoms with E-state index < -0.39 is 0 Å². The minimum atomic E-state index is -0.239. The molecule has 2 aliphatic heterocycles. The van der Waals surface area contributed by atoms with Gasteiger partial charge in [-0.25, -0.2) is 4.39 Å². The number of rotatable bonds is 8. The molecule has 200 valence electrons. The van der Waals surface area contributed by atoms with Crippen molar-refractivity contribution in [2.24, 2.45) is 5.92 Å². The predicted octanol–water partition coefficient (Wildman–Crippen LogP) is 4.15. The molecule has 0 aliphatic carbocycles. The maximum Gasteiger partial charge on any atom is 0.255 e. The van der Waals surface area contributed by atoms with E-state index in [1.165, 1.54) is 18.3 Å². The van der Waals surface area contributed by atoms with Gasteiger partial charge in [0.15, 0.2) is 5.78 Å². The Kier molecular flexibility index (Phi) is 8.40. The van der Waals surface area contributed by atoms with Crippen LogP contribution >= 0.6 is 0 Å². The molecule has 5 rings (SSSR count). The van der Waals surface area contributed by atoms with Crippen LogP contribution in [0.3, 0.4) is 0 Å². The van der Waals surface area contributed by atoms with Crippen LogP contribution in [0.5, 0.6) is 0 Å². The lowest BCUT2D eigenvalue weighted by Crippen LogP contribution is -2.48. The Morgan fingerprint density at radius 1 is 0.872 bits per heavy atom. The molecule has 1 aromatic heterocycles. The molecule has 0 spiro atoms. The van der Waals surface area contributed by atoms with Gasteiger partial charge in [-0.05, 0) is 66.4 Å². The zero-order valence-corrected chi connectivity index (χ0v) is 21.9. The van der Waals surface area contributed by atoms with Crippen LogP contribution in [0.4, 0.5) is 4.39 Å². The maximum absolute atomic E-state index is 13.1. The molecule has 0 N–H and O–H groups in total. The Hall–Kier alpha value is -3.93.